The van der Waals surface area contributed by atoms with E-state index in [0.29, 0.717) is 23.1 Å². The van der Waals surface area contributed by atoms with E-state index in [9.17, 15) is 0 Å². The van der Waals surface area contributed by atoms with Gasteiger partial charge in [0, 0.05) is 17.1 Å². The van der Waals surface area contributed by atoms with Gasteiger partial charge in [-0.3, -0.25) is 0 Å². The Morgan fingerprint density at radius 2 is 1.95 bits per heavy atom. The molecule has 0 radical (unpaired) electrons. The third kappa shape index (κ3) is 3.41. The molecule has 5 heteroatoms. The van der Waals surface area contributed by atoms with Crippen molar-refractivity contribution in [2.45, 2.75) is 6.54 Å². The summed E-state index contributed by atoms with van der Waals surface area (Å²) in [6, 6.07) is 10.9. The van der Waals surface area contributed by atoms with E-state index < -0.39 is 0 Å². The van der Waals surface area contributed by atoms with Crippen molar-refractivity contribution >= 4 is 27.5 Å². The molecule has 0 aliphatic carbocycles. The van der Waals surface area contributed by atoms with Crippen molar-refractivity contribution in [2.75, 3.05) is 7.11 Å². The van der Waals surface area contributed by atoms with Crippen molar-refractivity contribution in [3.05, 3.63) is 51.5 Å². The van der Waals surface area contributed by atoms with Crippen LogP contribution >= 0.6 is 27.5 Å². The van der Waals surface area contributed by atoms with Gasteiger partial charge in [-0.2, -0.15) is 0 Å². The number of hydrogen-bond acceptors (Lipinski definition) is 3. The highest BCUT2D eigenvalue weighted by Crippen LogP contribution is 2.35. The number of methoxy groups -OCH3 is 1. The van der Waals surface area contributed by atoms with Crippen LogP contribution in [0.3, 0.4) is 0 Å². The lowest BCUT2D eigenvalue weighted by atomic mass is 10.2. The zero-order valence-corrected chi connectivity index (χ0v) is 12.7. The van der Waals surface area contributed by atoms with E-state index in [1.807, 2.05) is 24.3 Å². The van der Waals surface area contributed by atoms with Gasteiger partial charge >= 0.3 is 0 Å². The van der Waals surface area contributed by atoms with E-state index in [-0.39, 0.29) is 0 Å². The van der Waals surface area contributed by atoms with Gasteiger partial charge < -0.3 is 15.2 Å². The fourth-order valence-corrected chi connectivity index (χ4v) is 2.20. The number of nitrogens with two attached hydrogens (primary N) is 1. The highest BCUT2D eigenvalue weighted by Gasteiger charge is 2.08. The molecule has 0 saturated carbocycles. The van der Waals surface area contributed by atoms with Gasteiger partial charge in [-0.05, 0) is 46.3 Å². The molecule has 19 heavy (non-hydrogen) atoms. The van der Waals surface area contributed by atoms with Gasteiger partial charge in [-0.1, -0.05) is 17.7 Å². The van der Waals surface area contributed by atoms with Gasteiger partial charge in [0.1, 0.15) is 17.2 Å². The van der Waals surface area contributed by atoms with Crippen LogP contribution in [0.2, 0.25) is 5.02 Å². The average molecular weight is 343 g/mol. The lowest BCUT2D eigenvalue weighted by molar-refractivity contribution is 0.412. The van der Waals surface area contributed by atoms with Crippen molar-refractivity contribution in [1.82, 2.24) is 0 Å². The minimum Gasteiger partial charge on any atom is -0.497 e. The van der Waals surface area contributed by atoms with Crippen LogP contribution in [0.5, 0.6) is 17.2 Å². The second-order valence-corrected chi connectivity index (χ2v) is 5.15. The van der Waals surface area contributed by atoms with Crippen LogP contribution in [-0.2, 0) is 6.54 Å². The molecule has 0 aliphatic heterocycles. The fourth-order valence-electron chi connectivity index (χ4n) is 1.60. The Kier molecular flexibility index (Phi) is 4.69. The van der Waals surface area contributed by atoms with Crippen molar-refractivity contribution < 1.29 is 9.47 Å². The van der Waals surface area contributed by atoms with Crippen LogP contribution in [-0.4, -0.2) is 7.11 Å². The maximum absolute atomic E-state index is 5.97. The number of benzene rings is 2. The molecule has 0 aliphatic rings. The number of ether oxygens (including phenoxy) is 2. The van der Waals surface area contributed by atoms with Gasteiger partial charge in [-0.15, -0.1) is 0 Å². The first-order valence-corrected chi connectivity index (χ1v) is 6.81. The van der Waals surface area contributed by atoms with Crippen molar-refractivity contribution in [3.8, 4) is 17.2 Å². The van der Waals surface area contributed by atoms with Gasteiger partial charge in [0.2, 0.25) is 0 Å². The predicted molar refractivity (Wildman–Crippen MR) is 80.1 cm³/mol. The van der Waals surface area contributed by atoms with Crippen LogP contribution in [0, 0.1) is 0 Å². The summed E-state index contributed by atoms with van der Waals surface area (Å²) >= 11 is 9.42. The molecule has 2 aromatic rings. The van der Waals surface area contributed by atoms with Gasteiger partial charge in [0.15, 0.2) is 0 Å². The largest absolute Gasteiger partial charge is 0.497 e. The summed E-state index contributed by atoms with van der Waals surface area (Å²) in [4.78, 5) is 0. The molecular weight excluding hydrogens is 330 g/mol. The fraction of sp³-hybridized carbons (Fsp3) is 0.143. The molecule has 0 fully saturated rings. The maximum Gasteiger partial charge on any atom is 0.141 e. The standard InChI is InChI=1S/C14H13BrClNO2/c1-18-11-4-5-13(12(15)7-11)19-14-6-10(16)3-2-9(14)8-17/h2-7H,8,17H2,1H3. The summed E-state index contributed by atoms with van der Waals surface area (Å²) in [6.45, 7) is 0.389. The topological polar surface area (TPSA) is 44.5 Å². The molecule has 2 N–H and O–H groups in total. The average Bonchev–Trinajstić information content (AvgIpc) is 2.41. The number of rotatable bonds is 4. The zero-order chi connectivity index (χ0) is 13.8. The van der Waals surface area contributed by atoms with Crippen molar-refractivity contribution in [2.24, 2.45) is 5.73 Å². The van der Waals surface area contributed by atoms with Crippen LogP contribution in [0.1, 0.15) is 5.56 Å². The summed E-state index contributed by atoms with van der Waals surface area (Å²) in [7, 11) is 1.62. The second-order valence-electron chi connectivity index (χ2n) is 3.85. The first-order valence-electron chi connectivity index (χ1n) is 5.64. The highest BCUT2D eigenvalue weighted by molar-refractivity contribution is 9.10. The van der Waals surface area contributed by atoms with Gasteiger partial charge in [-0.25, -0.2) is 0 Å². The van der Waals surface area contributed by atoms with E-state index in [4.69, 9.17) is 26.8 Å². The molecule has 100 valence electrons. The minimum atomic E-state index is 0.389. The van der Waals surface area contributed by atoms with E-state index in [1.165, 1.54) is 0 Å². The van der Waals surface area contributed by atoms with Gasteiger partial charge in [0.25, 0.3) is 0 Å². The monoisotopic (exact) mass is 341 g/mol. The molecule has 0 saturated heterocycles. The third-order valence-corrected chi connectivity index (χ3v) is 3.46. The SMILES string of the molecule is COc1ccc(Oc2cc(Cl)ccc2CN)c(Br)c1. The number of hydrogen-bond donors (Lipinski definition) is 1. The lowest BCUT2D eigenvalue weighted by Crippen LogP contribution is -1.99. The Morgan fingerprint density at radius 3 is 2.58 bits per heavy atom. The summed E-state index contributed by atoms with van der Waals surface area (Å²) in [5.74, 6) is 2.09. The van der Waals surface area contributed by atoms with E-state index in [2.05, 4.69) is 15.9 Å². The first-order chi connectivity index (χ1) is 9.13. The molecule has 2 aromatic carbocycles. The summed E-state index contributed by atoms with van der Waals surface area (Å²) < 4.78 is 11.8. The third-order valence-electron chi connectivity index (χ3n) is 2.61. The molecule has 2 rings (SSSR count). The molecular formula is C14H13BrClNO2. The number of halogens is 2. The molecule has 0 atom stereocenters. The van der Waals surface area contributed by atoms with Crippen molar-refractivity contribution in [1.29, 1.82) is 0 Å². The van der Waals surface area contributed by atoms with E-state index >= 15 is 0 Å². The molecule has 0 spiro atoms. The van der Waals surface area contributed by atoms with Crippen molar-refractivity contribution in [3.63, 3.8) is 0 Å². The van der Waals surface area contributed by atoms with Gasteiger partial charge in [0.05, 0.1) is 11.6 Å². The summed E-state index contributed by atoms with van der Waals surface area (Å²) in [5.41, 5.74) is 6.58. The Morgan fingerprint density at radius 1 is 1.16 bits per heavy atom. The minimum absolute atomic E-state index is 0.389. The predicted octanol–water partition coefficient (Wildman–Crippen LogP) is 4.36. The van der Waals surface area contributed by atoms with Crippen LogP contribution < -0.4 is 15.2 Å². The normalized spacial score (nSPS) is 10.3. The highest BCUT2D eigenvalue weighted by atomic mass is 79.9. The molecule has 0 amide bonds. The Balaban J connectivity index is 2.33. The quantitative estimate of drug-likeness (QED) is 0.897. The Bertz CT molecular complexity index is 590. The smallest absolute Gasteiger partial charge is 0.141 e. The van der Waals surface area contributed by atoms with Crippen LogP contribution in [0.15, 0.2) is 40.9 Å². The zero-order valence-electron chi connectivity index (χ0n) is 10.3. The molecule has 3 nitrogen and oxygen atoms in total. The maximum atomic E-state index is 5.97. The second kappa shape index (κ2) is 6.28. The van der Waals surface area contributed by atoms with E-state index in [1.54, 1.807) is 19.2 Å². The first kappa shape index (κ1) is 14.2. The van der Waals surface area contributed by atoms with Crippen LogP contribution in [0.25, 0.3) is 0 Å². The van der Waals surface area contributed by atoms with E-state index in [0.717, 1.165) is 15.8 Å². The Labute approximate surface area is 125 Å². The molecule has 0 aromatic heterocycles. The lowest BCUT2D eigenvalue weighted by Gasteiger charge is -2.12. The summed E-state index contributed by atoms with van der Waals surface area (Å²) in [6.07, 6.45) is 0. The Hall–Kier alpha value is -1.23. The van der Waals surface area contributed by atoms with Crippen LogP contribution in [0.4, 0.5) is 0 Å². The summed E-state index contributed by atoms with van der Waals surface area (Å²) in [5, 5.41) is 0.608. The molecule has 0 heterocycles. The molecule has 0 unspecified atom stereocenters. The molecule has 0 bridgehead atoms.